The summed E-state index contributed by atoms with van der Waals surface area (Å²) in [6.07, 6.45) is 7.95. The monoisotopic (exact) mass is 208 g/mol. The van der Waals surface area contributed by atoms with Gasteiger partial charge < -0.3 is 4.79 Å². The fourth-order valence-corrected chi connectivity index (χ4v) is 4.56. The Labute approximate surface area is 93.6 Å². The molecular weight excluding hydrogens is 184 g/mol. The highest BCUT2D eigenvalue weighted by Gasteiger charge is 2.51. The first-order valence-corrected chi connectivity index (χ1v) is 6.55. The summed E-state index contributed by atoms with van der Waals surface area (Å²) in [7, 11) is 0. The Morgan fingerprint density at radius 2 is 2.07 bits per heavy atom. The van der Waals surface area contributed by atoms with Crippen molar-refractivity contribution in [2.24, 2.45) is 29.1 Å². The first-order valence-electron chi connectivity index (χ1n) is 6.55. The summed E-state index contributed by atoms with van der Waals surface area (Å²) < 4.78 is 0. The molecule has 0 aliphatic heterocycles. The molecule has 2 saturated carbocycles. The highest BCUT2D eigenvalue weighted by Crippen LogP contribution is 2.59. The molecule has 2 aliphatic carbocycles. The SMILES string of the molecule is C[C@H](C=O)C1CCC2[C@@H](C)CCC[C@]12C. The van der Waals surface area contributed by atoms with E-state index in [-0.39, 0.29) is 5.92 Å². The molecule has 2 fully saturated rings. The van der Waals surface area contributed by atoms with Crippen LogP contribution < -0.4 is 0 Å². The average molecular weight is 208 g/mol. The third-order valence-electron chi connectivity index (χ3n) is 5.39. The second-order valence-corrected chi connectivity index (χ2v) is 6.16. The van der Waals surface area contributed by atoms with Crippen molar-refractivity contribution >= 4 is 6.29 Å². The smallest absolute Gasteiger partial charge is 0.123 e. The molecule has 2 aliphatic rings. The number of carbonyl (C=O) groups excluding carboxylic acids is 1. The van der Waals surface area contributed by atoms with Gasteiger partial charge in [0, 0.05) is 5.92 Å². The van der Waals surface area contributed by atoms with Gasteiger partial charge in [-0.15, -0.1) is 0 Å². The van der Waals surface area contributed by atoms with Crippen LogP contribution in [0.2, 0.25) is 0 Å². The van der Waals surface area contributed by atoms with Crippen LogP contribution in [-0.2, 0) is 4.79 Å². The molecule has 0 radical (unpaired) electrons. The molecule has 1 nitrogen and oxygen atoms in total. The van der Waals surface area contributed by atoms with Crippen LogP contribution in [0.4, 0.5) is 0 Å². The van der Waals surface area contributed by atoms with Crippen molar-refractivity contribution in [2.45, 2.75) is 52.9 Å². The first-order chi connectivity index (χ1) is 7.09. The van der Waals surface area contributed by atoms with Crippen molar-refractivity contribution in [3.05, 3.63) is 0 Å². The van der Waals surface area contributed by atoms with E-state index in [4.69, 9.17) is 0 Å². The molecule has 0 saturated heterocycles. The van der Waals surface area contributed by atoms with Gasteiger partial charge in [-0.1, -0.05) is 33.6 Å². The summed E-state index contributed by atoms with van der Waals surface area (Å²) in [4.78, 5) is 11.0. The summed E-state index contributed by atoms with van der Waals surface area (Å²) in [5, 5.41) is 0. The molecule has 0 amide bonds. The van der Waals surface area contributed by atoms with Crippen LogP contribution >= 0.6 is 0 Å². The maximum absolute atomic E-state index is 11.0. The van der Waals surface area contributed by atoms with Gasteiger partial charge in [0.05, 0.1) is 0 Å². The fraction of sp³-hybridized carbons (Fsp3) is 0.929. The van der Waals surface area contributed by atoms with Crippen LogP contribution in [0.1, 0.15) is 52.9 Å². The molecule has 15 heavy (non-hydrogen) atoms. The number of hydrogen-bond acceptors (Lipinski definition) is 1. The highest BCUT2D eigenvalue weighted by atomic mass is 16.1. The number of aldehydes is 1. The van der Waals surface area contributed by atoms with Gasteiger partial charge in [0.2, 0.25) is 0 Å². The van der Waals surface area contributed by atoms with Crippen LogP contribution in [0, 0.1) is 29.1 Å². The van der Waals surface area contributed by atoms with Gasteiger partial charge in [-0.05, 0) is 42.4 Å². The summed E-state index contributed by atoms with van der Waals surface area (Å²) >= 11 is 0. The topological polar surface area (TPSA) is 17.1 Å². The van der Waals surface area contributed by atoms with E-state index in [1.54, 1.807) is 0 Å². The molecule has 1 heteroatoms. The molecule has 0 N–H and O–H groups in total. The zero-order chi connectivity index (χ0) is 11.1. The van der Waals surface area contributed by atoms with Crippen molar-refractivity contribution in [1.82, 2.24) is 0 Å². The lowest BCUT2D eigenvalue weighted by Crippen LogP contribution is -2.38. The van der Waals surface area contributed by atoms with Crippen molar-refractivity contribution in [2.75, 3.05) is 0 Å². The molecule has 2 rings (SSSR count). The highest BCUT2D eigenvalue weighted by molar-refractivity contribution is 5.53. The molecule has 86 valence electrons. The predicted octanol–water partition coefficient (Wildman–Crippen LogP) is 3.67. The van der Waals surface area contributed by atoms with E-state index in [2.05, 4.69) is 20.8 Å². The first kappa shape index (κ1) is 11.2. The Morgan fingerprint density at radius 3 is 2.73 bits per heavy atom. The Bertz CT molecular complexity index is 248. The zero-order valence-corrected chi connectivity index (χ0v) is 10.3. The van der Waals surface area contributed by atoms with E-state index in [0.29, 0.717) is 11.3 Å². The number of hydrogen-bond donors (Lipinski definition) is 0. The van der Waals surface area contributed by atoms with Gasteiger partial charge >= 0.3 is 0 Å². The maximum Gasteiger partial charge on any atom is 0.123 e. The van der Waals surface area contributed by atoms with Gasteiger partial charge in [0.15, 0.2) is 0 Å². The summed E-state index contributed by atoms with van der Waals surface area (Å²) in [6.45, 7) is 6.98. The summed E-state index contributed by atoms with van der Waals surface area (Å²) in [6, 6.07) is 0. The Morgan fingerprint density at radius 1 is 1.33 bits per heavy atom. The fourth-order valence-electron chi connectivity index (χ4n) is 4.56. The third kappa shape index (κ3) is 1.64. The quantitative estimate of drug-likeness (QED) is 0.633. The van der Waals surface area contributed by atoms with E-state index in [0.717, 1.165) is 11.8 Å². The van der Waals surface area contributed by atoms with E-state index < -0.39 is 0 Å². The van der Waals surface area contributed by atoms with Gasteiger partial charge in [-0.2, -0.15) is 0 Å². The average Bonchev–Trinajstić information content (AvgIpc) is 2.56. The molecule has 2 unspecified atom stereocenters. The normalized spacial score (nSPS) is 47.3. The van der Waals surface area contributed by atoms with E-state index >= 15 is 0 Å². The van der Waals surface area contributed by atoms with E-state index in [1.807, 2.05) is 0 Å². The molecule has 0 spiro atoms. The van der Waals surface area contributed by atoms with Crippen molar-refractivity contribution < 1.29 is 4.79 Å². The lowest BCUT2D eigenvalue weighted by molar-refractivity contribution is -0.114. The summed E-state index contributed by atoms with van der Waals surface area (Å²) in [5.41, 5.74) is 0.470. The largest absolute Gasteiger partial charge is 0.303 e. The zero-order valence-electron chi connectivity index (χ0n) is 10.3. The van der Waals surface area contributed by atoms with Gasteiger partial charge in [0.1, 0.15) is 6.29 Å². The van der Waals surface area contributed by atoms with Crippen LogP contribution in [-0.4, -0.2) is 6.29 Å². The minimum atomic E-state index is 0.269. The molecule has 0 aromatic heterocycles. The molecule has 5 atom stereocenters. The second-order valence-electron chi connectivity index (χ2n) is 6.16. The van der Waals surface area contributed by atoms with Crippen LogP contribution in [0.25, 0.3) is 0 Å². The Balaban J connectivity index is 2.20. The molecule has 0 heterocycles. The predicted molar refractivity (Wildman–Crippen MR) is 62.6 cm³/mol. The third-order valence-corrected chi connectivity index (χ3v) is 5.39. The number of rotatable bonds is 2. The maximum atomic E-state index is 11.0. The Kier molecular flexibility index (Phi) is 2.92. The minimum absolute atomic E-state index is 0.269. The van der Waals surface area contributed by atoms with Gasteiger partial charge in [0.25, 0.3) is 0 Å². The standard InChI is InChI=1S/C14H24O/c1-10-5-4-8-14(3)12(10)6-7-13(14)11(2)9-15/h9-13H,4-8H2,1-3H3/t10-,11+,12?,13?,14-/m0/s1. The van der Waals surface area contributed by atoms with Crippen molar-refractivity contribution in [3.63, 3.8) is 0 Å². The van der Waals surface area contributed by atoms with Crippen molar-refractivity contribution in [3.8, 4) is 0 Å². The molecular formula is C14H24O. The van der Waals surface area contributed by atoms with Crippen molar-refractivity contribution in [1.29, 1.82) is 0 Å². The number of carbonyl (C=O) groups is 1. The van der Waals surface area contributed by atoms with Gasteiger partial charge in [-0.25, -0.2) is 0 Å². The Hall–Kier alpha value is -0.330. The van der Waals surface area contributed by atoms with Crippen LogP contribution in [0.15, 0.2) is 0 Å². The molecule has 0 aromatic rings. The van der Waals surface area contributed by atoms with Crippen LogP contribution in [0.5, 0.6) is 0 Å². The number of fused-ring (bicyclic) bond motifs is 1. The van der Waals surface area contributed by atoms with E-state index in [1.165, 1.54) is 38.4 Å². The molecule has 0 bridgehead atoms. The second kappa shape index (κ2) is 3.92. The molecule has 0 aromatic carbocycles. The lowest BCUT2D eigenvalue weighted by Gasteiger charge is -2.45. The lowest BCUT2D eigenvalue weighted by atomic mass is 9.60. The van der Waals surface area contributed by atoms with Gasteiger partial charge in [-0.3, -0.25) is 0 Å². The van der Waals surface area contributed by atoms with Crippen LogP contribution in [0.3, 0.4) is 0 Å². The summed E-state index contributed by atoms with van der Waals surface area (Å²) in [5.74, 6) is 2.69. The van der Waals surface area contributed by atoms with E-state index in [9.17, 15) is 4.79 Å². The minimum Gasteiger partial charge on any atom is -0.303 e.